The summed E-state index contributed by atoms with van der Waals surface area (Å²) in [6.07, 6.45) is -2.74. The molecule has 174 valence electrons. The van der Waals surface area contributed by atoms with Crippen molar-refractivity contribution in [2.45, 2.75) is 12.0 Å². The zero-order valence-electron chi connectivity index (χ0n) is 17.8. The summed E-state index contributed by atoms with van der Waals surface area (Å²) in [5, 5.41) is 10.8. The normalized spacial score (nSPS) is 25.6. The number of anilines is 2. The maximum atomic E-state index is 15.0. The van der Waals surface area contributed by atoms with Gasteiger partial charge < -0.3 is 24.8 Å². The van der Waals surface area contributed by atoms with E-state index in [9.17, 15) is 9.59 Å². The van der Waals surface area contributed by atoms with E-state index in [2.05, 4.69) is 10.2 Å². The predicted octanol–water partition coefficient (Wildman–Crippen LogP) is 3.42. The first-order chi connectivity index (χ1) is 15.9. The Labute approximate surface area is 188 Å². The summed E-state index contributed by atoms with van der Waals surface area (Å²) in [6, 6.07) is 10.0. The zero-order valence-corrected chi connectivity index (χ0v) is 17.8. The minimum Gasteiger partial charge on any atom is -0.497 e. The molecule has 0 spiro atoms. The molecule has 2 amide bonds. The summed E-state index contributed by atoms with van der Waals surface area (Å²) in [6.45, 7) is 1.34. The highest BCUT2D eigenvalue weighted by Gasteiger charge is 2.58. The molecule has 2 saturated heterocycles. The van der Waals surface area contributed by atoms with Crippen molar-refractivity contribution < 1.29 is 33.0 Å². The lowest BCUT2D eigenvalue weighted by Crippen LogP contribution is -2.33. The number of piperidine rings is 1. The second-order valence-corrected chi connectivity index (χ2v) is 8.58. The Balaban J connectivity index is 1.26. The van der Waals surface area contributed by atoms with Crippen LogP contribution in [0.15, 0.2) is 36.4 Å². The molecule has 0 bridgehead atoms. The first-order valence-corrected chi connectivity index (χ1v) is 10.7. The maximum Gasteiger partial charge on any atom is 0.414 e. The molecule has 2 aromatic rings. The van der Waals surface area contributed by atoms with E-state index in [1.807, 2.05) is 24.3 Å². The van der Waals surface area contributed by atoms with Gasteiger partial charge in [0.05, 0.1) is 25.9 Å². The molecule has 1 unspecified atom stereocenters. The fourth-order valence-electron chi connectivity index (χ4n) is 5.04. The van der Waals surface area contributed by atoms with Gasteiger partial charge in [-0.3, -0.25) is 4.90 Å². The number of hydrogen-bond donors (Lipinski definition) is 2. The number of benzene rings is 2. The molecule has 3 fully saturated rings. The number of rotatable bonds is 6. The van der Waals surface area contributed by atoms with E-state index in [-0.39, 0.29) is 42.1 Å². The van der Waals surface area contributed by atoms with Crippen LogP contribution in [0.4, 0.5) is 29.7 Å². The smallest absolute Gasteiger partial charge is 0.414 e. The molecule has 8 nitrogen and oxygen atoms in total. The minimum absolute atomic E-state index is 0.00282. The lowest BCUT2D eigenvalue weighted by atomic mass is 10.0. The molecular formula is C23H23F2N3O5. The lowest BCUT2D eigenvalue weighted by molar-refractivity contribution is 0.136. The standard InChI is InChI=1S/C23H23F2N3O5/c1-32-14-4-2-12(3-5-14)27-10-16-17(11-27)20(16)21-18(24)6-13(7-19(21)25)28-9-15(33-23(28)31)8-26-22(29)30/h2-7,15-17,20,26H,8-11H2,1H3,(H,29,30)/t15-,16-,17+,20?/m0/s1. The predicted molar refractivity (Wildman–Crippen MR) is 115 cm³/mol. The minimum atomic E-state index is -1.24. The van der Waals surface area contributed by atoms with Gasteiger partial charge in [-0.2, -0.15) is 0 Å². The molecule has 2 aliphatic heterocycles. The molecule has 33 heavy (non-hydrogen) atoms. The molecule has 1 saturated carbocycles. The van der Waals surface area contributed by atoms with Crippen LogP contribution in [-0.4, -0.2) is 56.7 Å². The van der Waals surface area contributed by atoms with Gasteiger partial charge in [-0.15, -0.1) is 0 Å². The van der Waals surface area contributed by atoms with Crippen molar-refractivity contribution in [3.8, 4) is 5.75 Å². The second kappa shape index (κ2) is 8.09. The third kappa shape index (κ3) is 3.90. The van der Waals surface area contributed by atoms with Gasteiger partial charge in [-0.05, 0) is 54.2 Å². The van der Waals surface area contributed by atoms with Crippen LogP contribution < -0.4 is 19.9 Å². The highest BCUT2D eigenvalue weighted by molar-refractivity contribution is 5.89. The van der Waals surface area contributed by atoms with Crippen molar-refractivity contribution in [1.82, 2.24) is 5.32 Å². The Morgan fingerprint density at radius 3 is 2.33 bits per heavy atom. The largest absolute Gasteiger partial charge is 0.497 e. The Kier molecular flexibility index (Phi) is 5.22. The van der Waals surface area contributed by atoms with Crippen molar-refractivity contribution in [2.24, 2.45) is 11.8 Å². The van der Waals surface area contributed by atoms with Crippen LogP contribution in [0.5, 0.6) is 5.75 Å². The van der Waals surface area contributed by atoms with Gasteiger partial charge in [0.2, 0.25) is 0 Å². The molecular weight excluding hydrogens is 436 g/mol. The fraction of sp³-hybridized carbons (Fsp3) is 0.391. The summed E-state index contributed by atoms with van der Waals surface area (Å²) in [4.78, 5) is 26.1. The third-order valence-corrected chi connectivity index (χ3v) is 6.70. The third-order valence-electron chi connectivity index (χ3n) is 6.70. The number of carbonyl (C=O) groups is 2. The van der Waals surface area contributed by atoms with Crippen LogP contribution >= 0.6 is 0 Å². The molecule has 1 aliphatic carbocycles. The SMILES string of the molecule is COc1ccc(N2C[C@@H]3C(c4c(F)cc(N5C[C@H](CNC(=O)O)OC5=O)cc4F)[C@@H]3C2)cc1. The lowest BCUT2D eigenvalue weighted by Gasteiger charge is -2.23. The van der Waals surface area contributed by atoms with Gasteiger partial charge in [-0.25, -0.2) is 18.4 Å². The molecule has 2 aromatic carbocycles. The van der Waals surface area contributed by atoms with E-state index in [0.717, 1.165) is 41.6 Å². The highest BCUT2D eigenvalue weighted by Crippen LogP contribution is 2.60. The molecule has 0 aromatic heterocycles. The summed E-state index contributed by atoms with van der Waals surface area (Å²) in [5.74, 6) is -0.431. The van der Waals surface area contributed by atoms with Crippen LogP contribution in [0.2, 0.25) is 0 Å². The summed E-state index contributed by atoms with van der Waals surface area (Å²) >= 11 is 0. The van der Waals surface area contributed by atoms with Crippen molar-refractivity contribution in [2.75, 3.05) is 43.1 Å². The first kappa shape index (κ1) is 21.3. The van der Waals surface area contributed by atoms with Crippen molar-refractivity contribution in [1.29, 1.82) is 0 Å². The zero-order chi connectivity index (χ0) is 23.3. The van der Waals surface area contributed by atoms with E-state index in [1.165, 1.54) is 0 Å². The number of hydrogen-bond acceptors (Lipinski definition) is 5. The molecule has 3 aliphatic rings. The maximum absolute atomic E-state index is 15.0. The van der Waals surface area contributed by atoms with E-state index >= 15 is 8.78 Å². The van der Waals surface area contributed by atoms with Crippen molar-refractivity contribution >= 4 is 23.6 Å². The number of fused-ring (bicyclic) bond motifs is 1. The van der Waals surface area contributed by atoms with Crippen LogP contribution in [0.3, 0.4) is 0 Å². The van der Waals surface area contributed by atoms with E-state index in [4.69, 9.17) is 14.6 Å². The average Bonchev–Trinajstić information content (AvgIpc) is 3.11. The number of methoxy groups -OCH3 is 1. The van der Waals surface area contributed by atoms with Crippen LogP contribution in [-0.2, 0) is 4.74 Å². The molecule has 5 rings (SSSR count). The molecule has 2 heterocycles. The van der Waals surface area contributed by atoms with Gasteiger partial charge in [0, 0.05) is 24.3 Å². The number of amides is 2. The second-order valence-electron chi connectivity index (χ2n) is 8.58. The molecule has 0 radical (unpaired) electrons. The van der Waals surface area contributed by atoms with Crippen LogP contribution in [0.25, 0.3) is 0 Å². The summed E-state index contributed by atoms with van der Waals surface area (Å²) in [5.41, 5.74) is 1.18. The molecule has 10 heteroatoms. The van der Waals surface area contributed by atoms with Gasteiger partial charge in [-0.1, -0.05) is 0 Å². The quantitative estimate of drug-likeness (QED) is 0.688. The number of nitrogens with zero attached hydrogens (tertiary/aromatic N) is 2. The Hall–Kier alpha value is -3.56. The van der Waals surface area contributed by atoms with Gasteiger partial charge in [0.15, 0.2) is 0 Å². The average molecular weight is 459 g/mol. The Morgan fingerprint density at radius 1 is 1.12 bits per heavy atom. The number of nitrogens with one attached hydrogen (secondary N) is 1. The Morgan fingerprint density at radius 2 is 1.76 bits per heavy atom. The summed E-state index contributed by atoms with van der Waals surface area (Å²) in [7, 11) is 1.61. The van der Waals surface area contributed by atoms with E-state index < -0.39 is 29.9 Å². The summed E-state index contributed by atoms with van der Waals surface area (Å²) < 4.78 is 40.3. The van der Waals surface area contributed by atoms with Gasteiger partial charge in [0.1, 0.15) is 23.5 Å². The van der Waals surface area contributed by atoms with E-state index in [0.29, 0.717) is 0 Å². The Bertz CT molecular complexity index is 1060. The van der Waals surface area contributed by atoms with Crippen LogP contribution in [0, 0.1) is 23.5 Å². The van der Waals surface area contributed by atoms with Gasteiger partial charge >= 0.3 is 12.2 Å². The molecule has 4 atom stereocenters. The van der Waals surface area contributed by atoms with Crippen molar-refractivity contribution in [3.05, 3.63) is 53.6 Å². The number of cyclic esters (lactones) is 1. The monoisotopic (exact) mass is 459 g/mol. The number of carbonyl (C=O) groups excluding carboxylic acids is 1. The fourth-order valence-corrected chi connectivity index (χ4v) is 5.04. The number of carboxylic acid groups (broad SMARTS) is 1. The van der Waals surface area contributed by atoms with Gasteiger partial charge in [0.25, 0.3) is 0 Å². The van der Waals surface area contributed by atoms with Crippen LogP contribution in [0.1, 0.15) is 11.5 Å². The highest BCUT2D eigenvalue weighted by atomic mass is 19.1. The van der Waals surface area contributed by atoms with E-state index in [1.54, 1.807) is 7.11 Å². The molecule has 2 N–H and O–H groups in total. The number of halogens is 2. The number of ether oxygens (including phenoxy) is 2. The van der Waals surface area contributed by atoms with Crippen molar-refractivity contribution in [3.63, 3.8) is 0 Å². The first-order valence-electron chi connectivity index (χ1n) is 10.7. The topological polar surface area (TPSA) is 91.3 Å².